The van der Waals surface area contributed by atoms with Crippen LogP contribution < -0.4 is 5.32 Å². The van der Waals surface area contributed by atoms with Crippen molar-refractivity contribution < 1.29 is 4.92 Å². The van der Waals surface area contributed by atoms with Crippen LogP contribution in [0.4, 0.5) is 5.69 Å². The Bertz CT molecular complexity index is 522. The number of nitrogens with zero attached hydrogens (tertiary/aromatic N) is 2. The van der Waals surface area contributed by atoms with Crippen LogP contribution in [0.3, 0.4) is 0 Å². The zero-order valence-corrected chi connectivity index (χ0v) is 13.7. The first-order valence-corrected chi connectivity index (χ1v) is 8.69. The molecular weight excluding hydrogens is 286 g/mol. The fourth-order valence-corrected chi connectivity index (χ4v) is 4.03. The maximum absolute atomic E-state index is 11.2. The van der Waals surface area contributed by atoms with Crippen LogP contribution in [0.2, 0.25) is 0 Å². The molecule has 1 heterocycles. The van der Waals surface area contributed by atoms with Gasteiger partial charge in [-0.2, -0.15) is 11.8 Å². The summed E-state index contributed by atoms with van der Waals surface area (Å²) in [6.07, 6.45) is 8.75. The van der Waals surface area contributed by atoms with Gasteiger partial charge in [-0.25, -0.2) is 0 Å². The van der Waals surface area contributed by atoms with Gasteiger partial charge in [0.05, 0.1) is 10.6 Å². The van der Waals surface area contributed by atoms with Crippen LogP contribution in [0, 0.1) is 24.0 Å². The lowest BCUT2D eigenvalue weighted by Crippen LogP contribution is -2.40. The number of nitro groups is 1. The predicted octanol–water partition coefficient (Wildman–Crippen LogP) is 3.37. The molecule has 116 valence electrons. The van der Waals surface area contributed by atoms with Crippen LogP contribution in [0.1, 0.15) is 42.5 Å². The van der Waals surface area contributed by atoms with E-state index < -0.39 is 0 Å². The Balaban J connectivity index is 2.09. The van der Waals surface area contributed by atoms with Crippen molar-refractivity contribution in [3.63, 3.8) is 0 Å². The van der Waals surface area contributed by atoms with Crippen molar-refractivity contribution in [1.29, 1.82) is 0 Å². The monoisotopic (exact) mass is 309 g/mol. The van der Waals surface area contributed by atoms with Gasteiger partial charge in [0.1, 0.15) is 0 Å². The Morgan fingerprint density at radius 1 is 1.43 bits per heavy atom. The number of aromatic nitrogens is 1. The molecule has 0 radical (unpaired) electrons. The molecule has 1 aromatic rings. The average molecular weight is 309 g/mol. The van der Waals surface area contributed by atoms with Gasteiger partial charge in [0.25, 0.3) is 5.69 Å². The SMILES string of the molecule is CSC1CCCCC1NCc1ncc(C)c([N+](=O)[O-])c1C. The maximum Gasteiger partial charge on any atom is 0.278 e. The van der Waals surface area contributed by atoms with Crippen LogP contribution in [0.5, 0.6) is 0 Å². The highest BCUT2D eigenvalue weighted by Gasteiger charge is 2.25. The Hall–Kier alpha value is -1.14. The second-order valence-electron chi connectivity index (χ2n) is 5.66. The number of pyridine rings is 1. The number of nitrogens with one attached hydrogen (secondary N) is 1. The molecule has 0 spiro atoms. The lowest BCUT2D eigenvalue weighted by Gasteiger charge is -2.31. The van der Waals surface area contributed by atoms with Crippen LogP contribution >= 0.6 is 11.8 Å². The fraction of sp³-hybridized carbons (Fsp3) is 0.667. The molecule has 1 aliphatic rings. The second kappa shape index (κ2) is 7.22. The average Bonchev–Trinajstić information content (AvgIpc) is 2.46. The zero-order valence-electron chi connectivity index (χ0n) is 12.9. The van der Waals surface area contributed by atoms with Gasteiger partial charge in [-0.05, 0) is 32.9 Å². The lowest BCUT2D eigenvalue weighted by atomic mass is 9.94. The van der Waals surface area contributed by atoms with Crippen molar-refractivity contribution in [3.8, 4) is 0 Å². The fourth-order valence-electron chi connectivity index (χ4n) is 3.06. The predicted molar refractivity (Wildman–Crippen MR) is 86.8 cm³/mol. The Kier molecular flexibility index (Phi) is 5.58. The highest BCUT2D eigenvalue weighted by molar-refractivity contribution is 7.99. The molecule has 1 fully saturated rings. The van der Waals surface area contributed by atoms with E-state index in [2.05, 4.69) is 16.6 Å². The molecule has 1 aromatic heterocycles. The molecule has 2 unspecified atom stereocenters. The quantitative estimate of drug-likeness (QED) is 0.667. The van der Waals surface area contributed by atoms with E-state index in [0.29, 0.717) is 29.0 Å². The number of hydrogen-bond acceptors (Lipinski definition) is 5. The Labute approximate surface area is 130 Å². The summed E-state index contributed by atoms with van der Waals surface area (Å²) in [4.78, 5) is 15.2. The molecule has 5 nitrogen and oxygen atoms in total. The minimum atomic E-state index is -0.304. The third-order valence-electron chi connectivity index (χ3n) is 4.30. The minimum Gasteiger partial charge on any atom is -0.307 e. The smallest absolute Gasteiger partial charge is 0.278 e. The van der Waals surface area contributed by atoms with Crippen LogP contribution in [-0.4, -0.2) is 27.5 Å². The topological polar surface area (TPSA) is 68.1 Å². The maximum atomic E-state index is 11.2. The zero-order chi connectivity index (χ0) is 15.4. The molecule has 1 N–H and O–H groups in total. The van der Waals surface area contributed by atoms with Gasteiger partial charge in [-0.15, -0.1) is 0 Å². The molecule has 0 aromatic carbocycles. The van der Waals surface area contributed by atoms with Crippen LogP contribution in [0.15, 0.2) is 6.20 Å². The summed E-state index contributed by atoms with van der Waals surface area (Å²) in [5.41, 5.74) is 2.30. The Morgan fingerprint density at radius 3 is 2.81 bits per heavy atom. The van der Waals surface area contributed by atoms with Crippen molar-refractivity contribution in [3.05, 3.63) is 33.1 Å². The normalized spacial score (nSPS) is 22.2. The summed E-state index contributed by atoms with van der Waals surface area (Å²) in [6, 6.07) is 0.482. The first-order chi connectivity index (χ1) is 10.0. The van der Waals surface area contributed by atoms with Crippen molar-refractivity contribution in [2.24, 2.45) is 0 Å². The minimum absolute atomic E-state index is 0.201. The van der Waals surface area contributed by atoms with Gasteiger partial charge in [-0.3, -0.25) is 15.1 Å². The summed E-state index contributed by atoms with van der Waals surface area (Å²) in [6.45, 7) is 4.14. The summed E-state index contributed by atoms with van der Waals surface area (Å²) in [7, 11) is 0. The molecule has 0 aliphatic heterocycles. The van der Waals surface area contributed by atoms with Crippen LogP contribution in [-0.2, 0) is 6.54 Å². The summed E-state index contributed by atoms with van der Waals surface area (Å²) < 4.78 is 0. The van der Waals surface area contributed by atoms with Gasteiger partial charge in [0.2, 0.25) is 0 Å². The second-order valence-corrected chi connectivity index (χ2v) is 6.74. The van der Waals surface area contributed by atoms with Crippen LogP contribution in [0.25, 0.3) is 0 Å². The highest BCUT2D eigenvalue weighted by atomic mass is 32.2. The molecule has 21 heavy (non-hydrogen) atoms. The van der Waals surface area contributed by atoms with E-state index in [1.165, 1.54) is 25.7 Å². The molecule has 2 atom stereocenters. The first-order valence-electron chi connectivity index (χ1n) is 7.40. The molecule has 2 rings (SSSR count). The molecular formula is C15H23N3O2S. The lowest BCUT2D eigenvalue weighted by molar-refractivity contribution is -0.386. The van der Waals surface area contributed by atoms with Crippen molar-refractivity contribution in [1.82, 2.24) is 10.3 Å². The Morgan fingerprint density at radius 2 is 2.14 bits per heavy atom. The van der Waals surface area contributed by atoms with E-state index in [-0.39, 0.29) is 10.6 Å². The molecule has 1 aliphatic carbocycles. The molecule has 0 amide bonds. The number of rotatable bonds is 5. The molecule has 6 heteroatoms. The summed E-state index contributed by atoms with van der Waals surface area (Å²) in [5.74, 6) is 0. The third kappa shape index (κ3) is 3.74. The summed E-state index contributed by atoms with van der Waals surface area (Å²) >= 11 is 1.91. The van der Waals surface area contributed by atoms with E-state index in [1.54, 1.807) is 20.0 Å². The largest absolute Gasteiger partial charge is 0.307 e. The number of aryl methyl sites for hydroxylation is 1. The number of hydrogen-bond donors (Lipinski definition) is 1. The van der Waals surface area contributed by atoms with Crippen molar-refractivity contribution in [2.45, 2.75) is 57.4 Å². The van der Waals surface area contributed by atoms with E-state index >= 15 is 0 Å². The molecule has 0 bridgehead atoms. The molecule has 0 saturated heterocycles. The van der Waals surface area contributed by atoms with Gasteiger partial charge >= 0.3 is 0 Å². The number of thioether (sulfide) groups is 1. The molecule has 1 saturated carbocycles. The van der Waals surface area contributed by atoms with E-state index in [1.807, 2.05) is 11.8 Å². The van der Waals surface area contributed by atoms with Crippen molar-refractivity contribution >= 4 is 17.4 Å². The van der Waals surface area contributed by atoms with Gasteiger partial charge in [-0.1, -0.05) is 12.8 Å². The van der Waals surface area contributed by atoms with Gasteiger partial charge < -0.3 is 5.32 Å². The van der Waals surface area contributed by atoms with Gasteiger partial charge in [0.15, 0.2) is 0 Å². The van der Waals surface area contributed by atoms with E-state index in [0.717, 1.165) is 5.69 Å². The summed E-state index contributed by atoms with van der Waals surface area (Å²) in [5, 5.41) is 15.4. The standard InChI is InChI=1S/C15H23N3O2S/c1-10-8-16-13(11(2)15(10)18(19)20)9-17-12-6-4-5-7-14(12)21-3/h8,12,14,17H,4-7,9H2,1-3H3. The third-order valence-corrected chi connectivity index (χ3v) is 5.46. The van der Waals surface area contributed by atoms with E-state index in [4.69, 9.17) is 0 Å². The highest BCUT2D eigenvalue weighted by Crippen LogP contribution is 2.28. The first kappa shape index (κ1) is 16.2. The van der Waals surface area contributed by atoms with Gasteiger partial charge in [0, 0.05) is 35.2 Å². The van der Waals surface area contributed by atoms with E-state index in [9.17, 15) is 10.1 Å². The van der Waals surface area contributed by atoms with Crippen molar-refractivity contribution in [2.75, 3.05) is 6.26 Å².